The van der Waals surface area contributed by atoms with Gasteiger partial charge < -0.3 is 14.6 Å². The summed E-state index contributed by atoms with van der Waals surface area (Å²) in [6, 6.07) is 7.07. The van der Waals surface area contributed by atoms with Crippen LogP contribution in [0, 0.1) is 0 Å². The molecule has 4 nitrogen and oxygen atoms in total. The van der Waals surface area contributed by atoms with E-state index in [0.717, 1.165) is 30.7 Å². The molecule has 4 heteroatoms. The molecule has 1 rings (SSSR count). The van der Waals surface area contributed by atoms with Crippen LogP contribution in [0.2, 0.25) is 0 Å². The number of benzene rings is 1. The van der Waals surface area contributed by atoms with Gasteiger partial charge in [0.05, 0.1) is 25.2 Å². The maximum absolute atomic E-state index is 11.0. The largest absolute Gasteiger partial charge is 0.661 e. The molecule has 0 heterocycles. The van der Waals surface area contributed by atoms with Crippen LogP contribution in [0.3, 0.4) is 0 Å². The molecule has 0 aliphatic rings. The van der Waals surface area contributed by atoms with Crippen molar-refractivity contribution in [2.75, 3.05) is 19.6 Å². The Labute approximate surface area is 108 Å². The fourth-order valence-electron chi connectivity index (χ4n) is 2.19. The van der Waals surface area contributed by atoms with Crippen LogP contribution < -0.4 is 5.26 Å². The highest BCUT2D eigenvalue weighted by Crippen LogP contribution is 2.15. The molecule has 0 aliphatic heterocycles. The Morgan fingerprint density at radius 2 is 1.61 bits per heavy atom. The van der Waals surface area contributed by atoms with E-state index in [2.05, 4.69) is 25.7 Å². The quantitative estimate of drug-likeness (QED) is 0.437. The van der Waals surface area contributed by atoms with Crippen LogP contribution in [-0.2, 0) is 11.4 Å². The normalized spacial score (nSPS) is 11.3. The van der Waals surface area contributed by atoms with Gasteiger partial charge in [-0.2, -0.15) is 0 Å². The second-order valence-corrected chi connectivity index (χ2v) is 4.52. The Hall–Kier alpha value is -1.39. The minimum absolute atomic E-state index is 0.302. The van der Waals surface area contributed by atoms with Crippen molar-refractivity contribution in [3.63, 3.8) is 0 Å². The van der Waals surface area contributed by atoms with Crippen molar-refractivity contribution in [1.82, 2.24) is 0 Å². The zero-order chi connectivity index (χ0) is 13.6. The van der Waals surface area contributed by atoms with Gasteiger partial charge >= 0.3 is 5.97 Å². The first-order chi connectivity index (χ1) is 8.60. The number of carbonyl (C=O) groups excluding carboxylic acids is 1. The predicted molar refractivity (Wildman–Crippen MR) is 67.4 cm³/mol. The van der Waals surface area contributed by atoms with Crippen LogP contribution in [0.1, 0.15) is 36.7 Å². The highest BCUT2D eigenvalue weighted by atomic mass is 17.1. The molecule has 0 amide bonds. The van der Waals surface area contributed by atoms with Gasteiger partial charge in [0.25, 0.3) is 0 Å². The van der Waals surface area contributed by atoms with Crippen LogP contribution >= 0.6 is 0 Å². The number of rotatable bonds is 6. The highest BCUT2D eigenvalue weighted by molar-refractivity contribution is 5.88. The molecule has 0 bridgehead atoms. The summed E-state index contributed by atoms with van der Waals surface area (Å²) in [6.07, 6.45) is 0. The smallest absolute Gasteiger partial charge is 0.332 e. The van der Waals surface area contributed by atoms with E-state index in [1.54, 1.807) is 12.1 Å². The van der Waals surface area contributed by atoms with Crippen molar-refractivity contribution >= 4 is 5.97 Å². The minimum atomic E-state index is -0.830. The second-order valence-electron chi connectivity index (χ2n) is 4.52. The first kappa shape index (κ1) is 14.7. The van der Waals surface area contributed by atoms with Crippen molar-refractivity contribution in [2.45, 2.75) is 27.3 Å². The summed E-state index contributed by atoms with van der Waals surface area (Å²) in [5.41, 5.74) is 1.47. The predicted octanol–water partition coefficient (Wildman–Crippen LogP) is 1.50. The highest BCUT2D eigenvalue weighted by Gasteiger charge is 2.21. The fraction of sp³-hybridized carbons (Fsp3) is 0.500. The molecule has 0 fully saturated rings. The van der Waals surface area contributed by atoms with E-state index in [-0.39, 0.29) is 0 Å². The van der Waals surface area contributed by atoms with Gasteiger partial charge in [-0.1, -0.05) is 12.1 Å². The topological polar surface area (TPSA) is 49.4 Å². The van der Waals surface area contributed by atoms with E-state index in [0.29, 0.717) is 5.56 Å². The van der Waals surface area contributed by atoms with Crippen LogP contribution in [0.5, 0.6) is 0 Å². The lowest BCUT2D eigenvalue weighted by atomic mass is 10.1. The molecule has 0 saturated heterocycles. The Morgan fingerprint density at radius 1 is 1.11 bits per heavy atom. The summed E-state index contributed by atoms with van der Waals surface area (Å²) in [5.74, 6) is -0.830. The third kappa shape index (κ3) is 3.31. The standard InChI is InChI=1S/C14H21NO3/c1-4-15(5-2,6-3)11-12-7-9-13(10-8-12)14(16)18-17/h7-10H,4-6,11H2,1-3H3. The van der Waals surface area contributed by atoms with Crippen LogP contribution in [-0.4, -0.2) is 30.1 Å². The molecule has 1 aromatic rings. The summed E-state index contributed by atoms with van der Waals surface area (Å²) in [5, 5.41) is 10.0. The zero-order valence-corrected chi connectivity index (χ0v) is 11.3. The Kier molecular flexibility index (Phi) is 5.31. The molecule has 0 aromatic heterocycles. The molecule has 0 spiro atoms. The zero-order valence-electron chi connectivity index (χ0n) is 11.3. The summed E-state index contributed by atoms with van der Waals surface area (Å²) < 4.78 is 1.02. The molecule has 0 unspecified atom stereocenters. The van der Waals surface area contributed by atoms with E-state index in [1.165, 1.54) is 5.56 Å². The monoisotopic (exact) mass is 251 g/mol. The lowest BCUT2D eigenvalue weighted by Crippen LogP contribution is -2.46. The second kappa shape index (κ2) is 6.52. The molecule has 0 N–H and O–H groups in total. The van der Waals surface area contributed by atoms with Crippen molar-refractivity contribution in [2.24, 2.45) is 0 Å². The third-order valence-corrected chi connectivity index (χ3v) is 3.80. The fourth-order valence-corrected chi connectivity index (χ4v) is 2.19. The maximum Gasteiger partial charge on any atom is 0.332 e. The van der Waals surface area contributed by atoms with E-state index >= 15 is 0 Å². The molecule has 0 atom stereocenters. The van der Waals surface area contributed by atoms with Crippen LogP contribution in [0.4, 0.5) is 0 Å². The molecular weight excluding hydrogens is 230 g/mol. The lowest BCUT2D eigenvalue weighted by Gasteiger charge is -2.35. The Morgan fingerprint density at radius 3 is 2.00 bits per heavy atom. The summed E-state index contributed by atoms with van der Waals surface area (Å²) in [6.45, 7) is 10.8. The molecular formula is C14H21NO3. The van der Waals surface area contributed by atoms with Crippen molar-refractivity contribution < 1.29 is 19.4 Å². The van der Waals surface area contributed by atoms with Gasteiger partial charge in [-0.15, -0.1) is 0 Å². The maximum atomic E-state index is 11.0. The van der Waals surface area contributed by atoms with E-state index in [4.69, 9.17) is 0 Å². The van der Waals surface area contributed by atoms with Gasteiger partial charge in [0.2, 0.25) is 0 Å². The minimum Gasteiger partial charge on any atom is -0.661 e. The lowest BCUT2D eigenvalue weighted by molar-refractivity contribution is -0.936. The van der Waals surface area contributed by atoms with Gasteiger partial charge in [-0.05, 0) is 32.9 Å². The van der Waals surface area contributed by atoms with E-state index < -0.39 is 5.97 Å². The average Bonchev–Trinajstić information content (AvgIpc) is 2.45. The van der Waals surface area contributed by atoms with Crippen molar-refractivity contribution in [3.05, 3.63) is 35.4 Å². The number of hydrogen-bond acceptors (Lipinski definition) is 3. The van der Waals surface area contributed by atoms with E-state index in [9.17, 15) is 10.1 Å². The van der Waals surface area contributed by atoms with Gasteiger partial charge in [0, 0.05) is 5.56 Å². The number of carbonyl (C=O) groups is 1. The SMILES string of the molecule is CC[N+](CC)(CC)Cc1ccc(C(=O)O[O-])cc1. The Balaban J connectivity index is 2.83. The summed E-state index contributed by atoms with van der Waals surface area (Å²) in [4.78, 5) is 14.5. The van der Waals surface area contributed by atoms with Crippen molar-refractivity contribution in [3.8, 4) is 0 Å². The summed E-state index contributed by atoms with van der Waals surface area (Å²) >= 11 is 0. The number of nitrogens with zero attached hydrogens (tertiary/aromatic N) is 1. The van der Waals surface area contributed by atoms with Gasteiger partial charge in [0.1, 0.15) is 6.54 Å². The average molecular weight is 251 g/mol. The molecule has 0 radical (unpaired) electrons. The van der Waals surface area contributed by atoms with Gasteiger partial charge in [0.15, 0.2) is 0 Å². The number of hydrogen-bond donors (Lipinski definition) is 0. The van der Waals surface area contributed by atoms with Gasteiger partial charge in [-0.3, -0.25) is 0 Å². The summed E-state index contributed by atoms with van der Waals surface area (Å²) in [7, 11) is 0. The molecule has 0 saturated carbocycles. The van der Waals surface area contributed by atoms with Gasteiger partial charge in [-0.25, -0.2) is 4.79 Å². The Bertz CT molecular complexity index is 374. The number of quaternary nitrogens is 1. The molecule has 18 heavy (non-hydrogen) atoms. The molecule has 0 aliphatic carbocycles. The molecule has 100 valence electrons. The van der Waals surface area contributed by atoms with Crippen LogP contribution in [0.15, 0.2) is 24.3 Å². The first-order valence-corrected chi connectivity index (χ1v) is 6.39. The van der Waals surface area contributed by atoms with Crippen molar-refractivity contribution in [1.29, 1.82) is 0 Å². The molecule has 1 aromatic carbocycles. The third-order valence-electron chi connectivity index (χ3n) is 3.80. The first-order valence-electron chi connectivity index (χ1n) is 6.39. The van der Waals surface area contributed by atoms with Crippen LogP contribution in [0.25, 0.3) is 0 Å². The van der Waals surface area contributed by atoms with E-state index in [1.807, 2.05) is 12.1 Å².